The monoisotopic (exact) mass is 358 g/mol. The molecule has 0 aliphatic heterocycles. The van der Waals surface area contributed by atoms with Crippen molar-refractivity contribution in [3.8, 4) is 17.6 Å². The molecule has 0 spiro atoms. The zero-order valence-electron chi connectivity index (χ0n) is 14.3. The van der Waals surface area contributed by atoms with Gasteiger partial charge in [0.2, 0.25) is 0 Å². The smallest absolute Gasteiger partial charge is 0.267 e. The van der Waals surface area contributed by atoms with Gasteiger partial charge in [-0.25, -0.2) is 4.98 Å². The number of carbonyl (C=O) groups excluding carboxylic acids is 1. The van der Waals surface area contributed by atoms with Gasteiger partial charge in [0.15, 0.2) is 16.6 Å². The lowest BCUT2D eigenvalue weighted by Gasteiger charge is -2.10. The fraction of sp³-hybridized carbons (Fsp3) is 0.235. The average Bonchev–Trinajstić information content (AvgIpc) is 2.93. The summed E-state index contributed by atoms with van der Waals surface area (Å²) in [5, 5.41) is 15.4. The Bertz CT molecular complexity index is 833. The Labute approximate surface area is 149 Å². The molecular formula is C17H18N4O3S. The largest absolute Gasteiger partial charge is 0.493 e. The van der Waals surface area contributed by atoms with E-state index in [0.29, 0.717) is 22.3 Å². The second-order valence-electron chi connectivity index (χ2n) is 5.00. The van der Waals surface area contributed by atoms with Gasteiger partial charge in [0, 0.05) is 22.8 Å². The van der Waals surface area contributed by atoms with E-state index in [9.17, 15) is 10.1 Å². The van der Waals surface area contributed by atoms with Crippen molar-refractivity contribution in [2.45, 2.75) is 13.8 Å². The molecule has 2 N–H and O–H groups in total. The number of methoxy groups -OCH3 is 2. The molecule has 1 heterocycles. The minimum atomic E-state index is -0.535. The summed E-state index contributed by atoms with van der Waals surface area (Å²) in [6.45, 7) is 3.85. The molecule has 2 aromatic rings. The lowest BCUT2D eigenvalue weighted by Crippen LogP contribution is -2.14. The number of hydrogen-bond donors (Lipinski definition) is 2. The van der Waals surface area contributed by atoms with Crippen LogP contribution in [-0.2, 0) is 4.79 Å². The topological polar surface area (TPSA) is 96.3 Å². The molecule has 1 amide bonds. The van der Waals surface area contributed by atoms with Crippen LogP contribution in [0.25, 0.3) is 0 Å². The summed E-state index contributed by atoms with van der Waals surface area (Å²) in [5.41, 5.74) is 1.33. The van der Waals surface area contributed by atoms with Crippen molar-refractivity contribution in [1.82, 2.24) is 4.98 Å². The molecule has 0 aliphatic rings. The number of rotatable bonds is 6. The third-order valence-corrected chi connectivity index (χ3v) is 4.38. The first-order valence-electron chi connectivity index (χ1n) is 7.32. The van der Waals surface area contributed by atoms with E-state index in [1.54, 1.807) is 18.2 Å². The van der Waals surface area contributed by atoms with Gasteiger partial charge in [-0.1, -0.05) is 0 Å². The molecule has 1 aromatic carbocycles. The number of nitrogens with one attached hydrogen (secondary N) is 2. The van der Waals surface area contributed by atoms with Crippen molar-refractivity contribution in [2.75, 3.05) is 24.9 Å². The van der Waals surface area contributed by atoms with Gasteiger partial charge in [0.05, 0.1) is 19.9 Å². The standard InChI is InChI=1S/C17H18N4O3S/c1-10-11(2)25-17(20-10)19-9-12(8-18)16(22)21-13-5-6-14(23-3)15(7-13)24-4/h5-7,9H,1-4H3,(H,19,20)(H,21,22)/b12-9-. The Morgan fingerprint density at radius 1 is 1.28 bits per heavy atom. The SMILES string of the molecule is COc1ccc(NC(=O)/C(C#N)=C\Nc2nc(C)c(C)s2)cc1OC. The summed E-state index contributed by atoms with van der Waals surface area (Å²) in [6, 6.07) is 6.82. The molecule has 25 heavy (non-hydrogen) atoms. The Balaban J connectivity index is 2.12. The lowest BCUT2D eigenvalue weighted by molar-refractivity contribution is -0.112. The molecule has 0 bridgehead atoms. The van der Waals surface area contributed by atoms with E-state index in [1.165, 1.54) is 31.8 Å². The number of ether oxygens (including phenoxy) is 2. The minimum absolute atomic E-state index is 0.0692. The van der Waals surface area contributed by atoms with E-state index in [-0.39, 0.29) is 5.57 Å². The molecule has 0 saturated heterocycles. The number of hydrogen-bond acceptors (Lipinski definition) is 7. The van der Waals surface area contributed by atoms with Crippen LogP contribution in [0.3, 0.4) is 0 Å². The van der Waals surface area contributed by atoms with E-state index >= 15 is 0 Å². The van der Waals surface area contributed by atoms with Gasteiger partial charge < -0.3 is 20.1 Å². The van der Waals surface area contributed by atoms with Crippen LogP contribution < -0.4 is 20.1 Å². The van der Waals surface area contributed by atoms with Crippen LogP contribution in [0.1, 0.15) is 10.6 Å². The third kappa shape index (κ3) is 4.49. The number of benzene rings is 1. The Hall–Kier alpha value is -3.05. The van der Waals surface area contributed by atoms with E-state index in [0.717, 1.165) is 10.6 Å². The maximum Gasteiger partial charge on any atom is 0.267 e. The molecule has 2 rings (SSSR count). The predicted octanol–water partition coefficient (Wildman–Crippen LogP) is 3.24. The molecule has 0 fully saturated rings. The molecule has 0 aliphatic carbocycles. The summed E-state index contributed by atoms with van der Waals surface area (Å²) in [6.07, 6.45) is 1.34. The van der Waals surface area contributed by atoms with Crippen molar-refractivity contribution in [2.24, 2.45) is 0 Å². The summed E-state index contributed by atoms with van der Waals surface area (Å²) in [7, 11) is 3.03. The molecule has 1 aromatic heterocycles. The number of nitriles is 1. The highest BCUT2D eigenvalue weighted by molar-refractivity contribution is 7.15. The number of carbonyl (C=O) groups is 1. The maximum atomic E-state index is 12.3. The van der Waals surface area contributed by atoms with Crippen LogP contribution in [0.4, 0.5) is 10.8 Å². The number of thiazole rings is 1. The van der Waals surface area contributed by atoms with Crippen LogP contribution >= 0.6 is 11.3 Å². The number of amides is 1. The molecule has 7 nitrogen and oxygen atoms in total. The highest BCUT2D eigenvalue weighted by Crippen LogP contribution is 2.29. The van der Waals surface area contributed by atoms with Crippen LogP contribution in [-0.4, -0.2) is 25.1 Å². The minimum Gasteiger partial charge on any atom is -0.493 e. The second kappa shape index (κ2) is 8.17. The zero-order chi connectivity index (χ0) is 18.4. The Morgan fingerprint density at radius 2 is 2.00 bits per heavy atom. The van der Waals surface area contributed by atoms with Gasteiger partial charge in [-0.2, -0.15) is 5.26 Å². The highest BCUT2D eigenvalue weighted by Gasteiger charge is 2.12. The first kappa shape index (κ1) is 18.3. The third-order valence-electron chi connectivity index (χ3n) is 3.37. The number of anilines is 2. The normalized spacial score (nSPS) is 10.8. The number of nitrogens with zero attached hydrogens (tertiary/aromatic N) is 2. The number of aromatic nitrogens is 1. The van der Waals surface area contributed by atoms with Crippen molar-refractivity contribution >= 4 is 28.1 Å². The van der Waals surface area contributed by atoms with Crippen molar-refractivity contribution in [3.05, 3.63) is 40.5 Å². The van der Waals surface area contributed by atoms with Crippen molar-refractivity contribution < 1.29 is 14.3 Å². The molecule has 130 valence electrons. The van der Waals surface area contributed by atoms with Gasteiger partial charge in [-0.3, -0.25) is 4.79 Å². The van der Waals surface area contributed by atoms with Crippen molar-refractivity contribution in [1.29, 1.82) is 5.26 Å². The van der Waals surface area contributed by atoms with E-state index in [2.05, 4.69) is 15.6 Å². The van der Waals surface area contributed by atoms with Crippen molar-refractivity contribution in [3.63, 3.8) is 0 Å². The van der Waals surface area contributed by atoms with Crippen LogP contribution in [0.5, 0.6) is 11.5 Å². The highest BCUT2D eigenvalue weighted by atomic mass is 32.1. The first-order chi connectivity index (χ1) is 12.0. The molecule has 0 atom stereocenters. The molecule has 0 saturated carbocycles. The molecule has 8 heteroatoms. The van der Waals surface area contributed by atoms with Gasteiger partial charge in [0.25, 0.3) is 5.91 Å². The van der Waals surface area contributed by atoms with Crippen LogP contribution in [0, 0.1) is 25.2 Å². The molecular weight excluding hydrogens is 340 g/mol. The van der Waals surface area contributed by atoms with E-state index in [4.69, 9.17) is 9.47 Å². The van der Waals surface area contributed by atoms with E-state index in [1.807, 2.05) is 19.9 Å². The van der Waals surface area contributed by atoms with Gasteiger partial charge >= 0.3 is 0 Å². The molecule has 0 unspecified atom stereocenters. The van der Waals surface area contributed by atoms with Gasteiger partial charge in [0.1, 0.15) is 11.6 Å². The quantitative estimate of drug-likeness (QED) is 0.608. The van der Waals surface area contributed by atoms with E-state index < -0.39 is 5.91 Å². The Morgan fingerprint density at radius 3 is 2.56 bits per heavy atom. The van der Waals surface area contributed by atoms with Gasteiger partial charge in [-0.15, -0.1) is 11.3 Å². The number of aryl methyl sites for hydroxylation is 2. The van der Waals surface area contributed by atoms with Crippen LogP contribution in [0.15, 0.2) is 30.0 Å². The summed E-state index contributed by atoms with van der Waals surface area (Å²) < 4.78 is 10.3. The lowest BCUT2D eigenvalue weighted by atomic mass is 10.2. The summed E-state index contributed by atoms with van der Waals surface area (Å²) in [4.78, 5) is 17.6. The van der Waals surface area contributed by atoms with Gasteiger partial charge in [-0.05, 0) is 26.0 Å². The summed E-state index contributed by atoms with van der Waals surface area (Å²) in [5.74, 6) is 0.495. The average molecular weight is 358 g/mol. The molecule has 0 radical (unpaired) electrons. The fourth-order valence-corrected chi connectivity index (χ4v) is 2.71. The first-order valence-corrected chi connectivity index (χ1v) is 8.14. The van der Waals surface area contributed by atoms with Crippen LogP contribution in [0.2, 0.25) is 0 Å². The maximum absolute atomic E-state index is 12.3. The second-order valence-corrected chi connectivity index (χ2v) is 6.20. The Kier molecular flexibility index (Phi) is 5.98. The summed E-state index contributed by atoms with van der Waals surface area (Å²) >= 11 is 1.45. The zero-order valence-corrected chi connectivity index (χ0v) is 15.2. The predicted molar refractivity (Wildman–Crippen MR) is 97.1 cm³/mol. The fourth-order valence-electron chi connectivity index (χ4n) is 1.93.